The zero-order chi connectivity index (χ0) is 18.5. The molecule has 0 aromatic carbocycles. The fraction of sp³-hybridized carbons (Fsp3) is 0.895. The Morgan fingerprint density at radius 2 is 1.75 bits per heavy atom. The molecule has 2 saturated heterocycles. The van der Waals surface area contributed by atoms with Crippen LogP contribution >= 0.6 is 0 Å². The minimum Gasteiger partial charge on any atom is -0.368 e. The van der Waals surface area contributed by atoms with Gasteiger partial charge in [-0.1, -0.05) is 27.2 Å². The Hall–Kier alpha value is -1.10. The lowest BCUT2D eigenvalue weighted by Gasteiger charge is -2.43. The van der Waals surface area contributed by atoms with Crippen molar-refractivity contribution in [3.8, 4) is 0 Å². The number of carbonyl (C=O) groups excluding carboxylic acids is 2. The van der Waals surface area contributed by atoms with Crippen molar-refractivity contribution in [2.75, 3.05) is 13.1 Å². The van der Waals surface area contributed by atoms with Gasteiger partial charge in [0, 0.05) is 18.5 Å². The van der Waals surface area contributed by atoms with Crippen molar-refractivity contribution in [3.63, 3.8) is 0 Å². The van der Waals surface area contributed by atoms with Crippen molar-refractivity contribution >= 4 is 11.8 Å². The van der Waals surface area contributed by atoms with Gasteiger partial charge in [0.25, 0.3) is 0 Å². The SMILES string of the molecule is CC(C)(C)C1CCC(=O)NC1.CC(C)(C)N1CCCCC1C(N)=O. The number of primary amides is 1. The highest BCUT2D eigenvalue weighted by molar-refractivity contribution is 5.80. The molecule has 3 N–H and O–H groups in total. The van der Waals surface area contributed by atoms with E-state index in [1.165, 1.54) is 6.42 Å². The fourth-order valence-corrected chi connectivity index (χ4v) is 3.50. The van der Waals surface area contributed by atoms with E-state index in [0.29, 0.717) is 17.8 Å². The number of nitrogens with zero attached hydrogens (tertiary/aromatic N) is 1. The summed E-state index contributed by atoms with van der Waals surface area (Å²) in [5, 5.41) is 2.90. The molecule has 0 saturated carbocycles. The molecule has 140 valence electrons. The highest BCUT2D eigenvalue weighted by Gasteiger charge is 2.34. The number of rotatable bonds is 1. The zero-order valence-electron chi connectivity index (χ0n) is 16.4. The quantitative estimate of drug-likeness (QED) is 0.771. The first-order valence-corrected chi connectivity index (χ1v) is 9.25. The van der Waals surface area contributed by atoms with Gasteiger partial charge in [-0.15, -0.1) is 0 Å². The lowest BCUT2D eigenvalue weighted by Crippen LogP contribution is -2.55. The van der Waals surface area contributed by atoms with Crippen molar-refractivity contribution in [1.29, 1.82) is 0 Å². The molecule has 2 heterocycles. The molecule has 2 aliphatic heterocycles. The maximum Gasteiger partial charge on any atom is 0.234 e. The van der Waals surface area contributed by atoms with E-state index in [0.717, 1.165) is 32.4 Å². The van der Waals surface area contributed by atoms with Crippen molar-refractivity contribution in [2.45, 2.75) is 85.2 Å². The highest BCUT2D eigenvalue weighted by atomic mass is 16.2. The summed E-state index contributed by atoms with van der Waals surface area (Å²) in [6.45, 7) is 15.0. The fourth-order valence-electron chi connectivity index (χ4n) is 3.50. The number of likely N-dealkylation sites (tertiary alicyclic amines) is 1. The molecule has 0 bridgehead atoms. The number of hydrogen-bond donors (Lipinski definition) is 2. The van der Waals surface area contributed by atoms with E-state index in [1.807, 2.05) is 0 Å². The van der Waals surface area contributed by atoms with Gasteiger partial charge in [0.2, 0.25) is 11.8 Å². The summed E-state index contributed by atoms with van der Waals surface area (Å²) in [4.78, 5) is 24.2. The van der Waals surface area contributed by atoms with E-state index in [-0.39, 0.29) is 23.4 Å². The van der Waals surface area contributed by atoms with Crippen LogP contribution < -0.4 is 11.1 Å². The van der Waals surface area contributed by atoms with Gasteiger partial charge in [0.1, 0.15) is 0 Å². The summed E-state index contributed by atoms with van der Waals surface area (Å²) < 4.78 is 0. The van der Waals surface area contributed by atoms with Gasteiger partial charge in [0.15, 0.2) is 0 Å². The number of nitrogens with one attached hydrogen (secondary N) is 1. The second-order valence-electron chi connectivity index (χ2n) is 9.18. The monoisotopic (exact) mass is 339 g/mol. The van der Waals surface area contributed by atoms with Crippen LogP contribution in [0.5, 0.6) is 0 Å². The number of carbonyl (C=O) groups is 2. The van der Waals surface area contributed by atoms with Crippen LogP contribution in [0.2, 0.25) is 0 Å². The molecule has 0 spiro atoms. The van der Waals surface area contributed by atoms with Crippen LogP contribution in [-0.2, 0) is 9.59 Å². The lowest BCUT2D eigenvalue weighted by molar-refractivity contribution is -0.127. The predicted octanol–water partition coefficient (Wildman–Crippen LogP) is 2.68. The maximum atomic E-state index is 11.2. The minimum atomic E-state index is -0.172. The molecule has 0 aromatic rings. The third kappa shape index (κ3) is 6.42. The smallest absolute Gasteiger partial charge is 0.234 e. The van der Waals surface area contributed by atoms with Crippen molar-refractivity contribution in [2.24, 2.45) is 17.1 Å². The Kier molecular flexibility index (Phi) is 7.26. The van der Waals surface area contributed by atoms with Crippen LogP contribution in [0.3, 0.4) is 0 Å². The Morgan fingerprint density at radius 1 is 1.12 bits per heavy atom. The van der Waals surface area contributed by atoms with Crippen LogP contribution in [0, 0.1) is 11.3 Å². The first-order chi connectivity index (χ1) is 10.9. The van der Waals surface area contributed by atoms with Crippen molar-refractivity contribution in [3.05, 3.63) is 0 Å². The molecule has 2 amide bonds. The summed E-state index contributed by atoms with van der Waals surface area (Å²) >= 11 is 0. The second-order valence-corrected chi connectivity index (χ2v) is 9.18. The highest BCUT2D eigenvalue weighted by Crippen LogP contribution is 2.30. The largest absolute Gasteiger partial charge is 0.368 e. The molecule has 2 atom stereocenters. The molecule has 2 rings (SSSR count). The molecule has 0 radical (unpaired) electrons. The van der Waals surface area contributed by atoms with Gasteiger partial charge >= 0.3 is 0 Å². The molecule has 2 unspecified atom stereocenters. The third-order valence-corrected chi connectivity index (χ3v) is 5.18. The van der Waals surface area contributed by atoms with E-state index in [4.69, 9.17) is 5.73 Å². The van der Waals surface area contributed by atoms with Gasteiger partial charge < -0.3 is 11.1 Å². The van der Waals surface area contributed by atoms with Crippen molar-refractivity contribution in [1.82, 2.24) is 10.2 Å². The normalized spacial score (nSPS) is 26.2. The Labute approximate surface area is 147 Å². The summed E-state index contributed by atoms with van der Waals surface area (Å²) in [6.07, 6.45) is 4.99. The predicted molar refractivity (Wildman–Crippen MR) is 98.5 cm³/mol. The molecule has 5 nitrogen and oxygen atoms in total. The first-order valence-electron chi connectivity index (χ1n) is 9.25. The van der Waals surface area contributed by atoms with Gasteiger partial charge in [-0.3, -0.25) is 14.5 Å². The molecule has 0 aliphatic carbocycles. The lowest BCUT2D eigenvalue weighted by atomic mass is 9.77. The second kappa shape index (κ2) is 8.32. The minimum absolute atomic E-state index is 0.0475. The van der Waals surface area contributed by atoms with E-state index in [2.05, 4.69) is 51.8 Å². The topological polar surface area (TPSA) is 75.4 Å². The van der Waals surface area contributed by atoms with Gasteiger partial charge in [-0.05, 0) is 57.9 Å². The summed E-state index contributed by atoms with van der Waals surface area (Å²) in [7, 11) is 0. The Bertz CT molecular complexity index is 425. The first kappa shape index (κ1) is 20.9. The van der Waals surface area contributed by atoms with E-state index < -0.39 is 0 Å². The summed E-state index contributed by atoms with van der Waals surface area (Å²) in [6, 6.07) is -0.0475. The van der Waals surface area contributed by atoms with Crippen molar-refractivity contribution < 1.29 is 9.59 Å². The maximum absolute atomic E-state index is 11.2. The van der Waals surface area contributed by atoms with E-state index >= 15 is 0 Å². The van der Waals surface area contributed by atoms with Crippen LogP contribution in [0.4, 0.5) is 0 Å². The molecular formula is C19H37N3O2. The molecular weight excluding hydrogens is 302 g/mol. The van der Waals surface area contributed by atoms with E-state index in [1.54, 1.807) is 0 Å². The molecule has 24 heavy (non-hydrogen) atoms. The Morgan fingerprint density at radius 3 is 2.12 bits per heavy atom. The zero-order valence-corrected chi connectivity index (χ0v) is 16.4. The van der Waals surface area contributed by atoms with Crippen LogP contribution in [0.25, 0.3) is 0 Å². The number of hydrogen-bond acceptors (Lipinski definition) is 3. The Balaban J connectivity index is 0.000000243. The van der Waals surface area contributed by atoms with Gasteiger partial charge in [0.05, 0.1) is 6.04 Å². The third-order valence-electron chi connectivity index (χ3n) is 5.18. The van der Waals surface area contributed by atoms with Crippen LogP contribution in [0.1, 0.15) is 73.6 Å². The van der Waals surface area contributed by atoms with Gasteiger partial charge in [-0.2, -0.15) is 0 Å². The van der Waals surface area contributed by atoms with Crippen LogP contribution in [0.15, 0.2) is 0 Å². The van der Waals surface area contributed by atoms with Gasteiger partial charge in [-0.25, -0.2) is 0 Å². The summed E-state index contributed by atoms with van der Waals surface area (Å²) in [5.74, 6) is 0.695. The number of piperidine rings is 2. The summed E-state index contributed by atoms with van der Waals surface area (Å²) in [5.41, 5.74) is 5.77. The van der Waals surface area contributed by atoms with Crippen LogP contribution in [-0.4, -0.2) is 41.4 Å². The molecule has 2 fully saturated rings. The molecule has 0 aromatic heterocycles. The number of nitrogens with two attached hydrogens (primary N) is 1. The molecule has 2 aliphatic rings. The number of amides is 2. The standard InChI is InChI=1S/C10H20N2O.C9H17NO/c1-10(2,3)12-7-5-4-6-8(12)9(11)13;1-9(2,3)7-4-5-8(11)10-6-7/h8H,4-7H2,1-3H3,(H2,11,13);7H,4-6H2,1-3H3,(H,10,11). The van der Waals surface area contributed by atoms with E-state index in [9.17, 15) is 9.59 Å². The average molecular weight is 340 g/mol. The molecule has 5 heteroatoms. The average Bonchev–Trinajstić information content (AvgIpc) is 2.46.